The number of benzene rings is 1. The maximum atomic E-state index is 11.3. The fraction of sp³-hybridized carbons (Fsp3) is 0.455. The molecule has 0 fully saturated rings. The average molecular weight is 323 g/mol. The van der Waals surface area contributed by atoms with Gasteiger partial charge in [0, 0.05) is 4.90 Å². The van der Waals surface area contributed by atoms with Gasteiger partial charge in [0.25, 0.3) is 0 Å². The highest BCUT2D eigenvalue weighted by atomic mass is 33.1. The molecule has 1 atom stereocenters. The van der Waals surface area contributed by atoms with Crippen LogP contribution in [0.15, 0.2) is 29.2 Å². The maximum Gasteiger partial charge on any atom is 0.358 e. The highest BCUT2D eigenvalue weighted by molar-refractivity contribution is 8.78. The van der Waals surface area contributed by atoms with Crippen LogP contribution in [-0.4, -0.2) is 26.1 Å². The Bertz CT molecular complexity index is 468. The molecular weight excluding hydrogens is 305 g/mol. The molecule has 0 spiro atoms. The summed E-state index contributed by atoms with van der Waals surface area (Å²) in [6.45, 7) is 1.27. The lowest BCUT2D eigenvalue weighted by Gasteiger charge is -2.26. The molecule has 0 saturated heterocycles. The van der Waals surface area contributed by atoms with Gasteiger partial charge in [0.1, 0.15) is 0 Å². The van der Waals surface area contributed by atoms with Gasteiger partial charge in [-0.2, -0.15) is 0 Å². The lowest BCUT2D eigenvalue weighted by Crippen LogP contribution is -2.38. The number of hydrogen-bond donors (Lipinski definition) is 4. The predicted octanol–water partition coefficient (Wildman–Crippen LogP) is 2.16. The van der Waals surface area contributed by atoms with Crippen LogP contribution in [0.1, 0.15) is 18.9 Å². The van der Waals surface area contributed by atoms with E-state index in [1.165, 1.54) is 10.8 Å². The second-order valence-electron chi connectivity index (χ2n) is 4.07. The molecule has 19 heavy (non-hydrogen) atoms. The minimum Gasteiger partial charge on any atom is -0.393 e. The van der Waals surface area contributed by atoms with Crippen LogP contribution in [0.4, 0.5) is 0 Å². The Hall–Kier alpha value is -0.0100. The second kappa shape index (κ2) is 7.13. The smallest absolute Gasteiger partial charge is 0.358 e. The summed E-state index contributed by atoms with van der Waals surface area (Å²) in [5.74, 6) is 0. The molecule has 0 heterocycles. The van der Waals surface area contributed by atoms with Crippen molar-refractivity contribution in [1.82, 2.24) is 0 Å². The number of rotatable bonds is 7. The standard InChI is InChI=1S/C11H18NO4PS2/c1-2-5-9-6-3-4-7-10(9)18-19-11(12,8-13)17(14,15)16/h3-4,6-7,13H,2,5,8,12H2,1H3,(H2,14,15,16). The van der Waals surface area contributed by atoms with E-state index in [2.05, 4.69) is 6.92 Å². The molecule has 0 aromatic heterocycles. The Morgan fingerprint density at radius 3 is 2.53 bits per heavy atom. The van der Waals surface area contributed by atoms with E-state index in [1.807, 2.05) is 24.3 Å². The van der Waals surface area contributed by atoms with Crippen LogP contribution in [0, 0.1) is 0 Å². The molecule has 0 amide bonds. The van der Waals surface area contributed by atoms with Crippen molar-refractivity contribution in [3.63, 3.8) is 0 Å². The van der Waals surface area contributed by atoms with Gasteiger partial charge in [0.05, 0.1) is 6.61 Å². The Kier molecular flexibility index (Phi) is 6.39. The molecule has 1 aromatic rings. The van der Waals surface area contributed by atoms with Gasteiger partial charge < -0.3 is 20.6 Å². The van der Waals surface area contributed by atoms with Crippen molar-refractivity contribution in [2.45, 2.75) is 29.3 Å². The van der Waals surface area contributed by atoms with Crippen LogP contribution in [-0.2, 0) is 11.0 Å². The lowest BCUT2D eigenvalue weighted by molar-refractivity contribution is 0.255. The van der Waals surface area contributed by atoms with E-state index in [4.69, 9.17) is 10.8 Å². The molecule has 0 bridgehead atoms. The summed E-state index contributed by atoms with van der Waals surface area (Å²) in [5.41, 5.74) is 6.68. The Labute approximate surface area is 120 Å². The molecule has 0 radical (unpaired) electrons. The van der Waals surface area contributed by atoms with Gasteiger partial charge in [-0.1, -0.05) is 53.1 Å². The van der Waals surface area contributed by atoms with Gasteiger partial charge in [0.2, 0.25) is 0 Å². The molecule has 0 aliphatic rings. The third kappa shape index (κ3) is 4.49. The number of hydrogen-bond acceptors (Lipinski definition) is 5. The van der Waals surface area contributed by atoms with Crippen LogP contribution in [0.2, 0.25) is 0 Å². The van der Waals surface area contributed by atoms with Gasteiger partial charge in [-0.05, 0) is 18.1 Å². The van der Waals surface area contributed by atoms with Crippen molar-refractivity contribution in [2.75, 3.05) is 6.61 Å². The topological polar surface area (TPSA) is 104 Å². The van der Waals surface area contributed by atoms with Crippen LogP contribution < -0.4 is 5.73 Å². The molecule has 5 N–H and O–H groups in total. The summed E-state index contributed by atoms with van der Waals surface area (Å²) < 4.78 is 9.32. The zero-order valence-corrected chi connectivity index (χ0v) is 13.0. The molecule has 1 rings (SSSR count). The van der Waals surface area contributed by atoms with Crippen LogP contribution in [0.25, 0.3) is 0 Å². The van der Waals surface area contributed by atoms with E-state index in [-0.39, 0.29) is 0 Å². The van der Waals surface area contributed by atoms with E-state index in [0.29, 0.717) is 0 Å². The first kappa shape index (κ1) is 17.0. The van der Waals surface area contributed by atoms with Crippen molar-refractivity contribution in [3.8, 4) is 0 Å². The normalized spacial score (nSPS) is 15.2. The van der Waals surface area contributed by atoms with Crippen molar-refractivity contribution >= 4 is 29.2 Å². The zero-order chi connectivity index (χ0) is 14.5. The molecule has 0 aliphatic carbocycles. The predicted molar refractivity (Wildman–Crippen MR) is 79.9 cm³/mol. The summed E-state index contributed by atoms with van der Waals surface area (Å²) in [4.78, 5) is 19.3. The summed E-state index contributed by atoms with van der Waals surface area (Å²) >= 11 is 0. The second-order valence-corrected chi connectivity index (χ2v) is 8.76. The van der Waals surface area contributed by atoms with Crippen LogP contribution in [0.5, 0.6) is 0 Å². The van der Waals surface area contributed by atoms with E-state index in [1.54, 1.807) is 0 Å². The van der Waals surface area contributed by atoms with E-state index in [0.717, 1.165) is 34.1 Å². The molecule has 1 unspecified atom stereocenters. The van der Waals surface area contributed by atoms with Crippen LogP contribution in [0.3, 0.4) is 0 Å². The van der Waals surface area contributed by atoms with Crippen LogP contribution >= 0.6 is 29.2 Å². The first-order chi connectivity index (χ1) is 8.84. The number of aryl methyl sites for hydroxylation is 1. The number of aliphatic hydroxyl groups is 1. The Balaban J connectivity index is 2.84. The zero-order valence-electron chi connectivity index (χ0n) is 10.5. The minimum atomic E-state index is -4.59. The Morgan fingerprint density at radius 1 is 1.37 bits per heavy atom. The van der Waals surface area contributed by atoms with Crippen molar-refractivity contribution in [2.24, 2.45) is 5.73 Å². The fourth-order valence-corrected chi connectivity index (χ4v) is 5.17. The SMILES string of the molecule is CCCc1ccccc1SSC(N)(CO)P(=O)(O)O. The van der Waals surface area contributed by atoms with Gasteiger partial charge in [-0.25, -0.2) is 0 Å². The van der Waals surface area contributed by atoms with Crippen molar-refractivity contribution in [3.05, 3.63) is 29.8 Å². The van der Waals surface area contributed by atoms with Crippen molar-refractivity contribution in [1.29, 1.82) is 0 Å². The lowest BCUT2D eigenvalue weighted by atomic mass is 10.1. The summed E-state index contributed by atoms with van der Waals surface area (Å²) in [6, 6.07) is 7.63. The molecular formula is C11H18NO4PS2. The highest BCUT2D eigenvalue weighted by Gasteiger charge is 2.44. The quantitative estimate of drug-likeness (QED) is 0.346. The molecule has 0 saturated carbocycles. The average Bonchev–Trinajstić information content (AvgIpc) is 2.36. The van der Waals surface area contributed by atoms with E-state index < -0.39 is 18.8 Å². The summed E-state index contributed by atoms with van der Waals surface area (Å²) in [5, 5.41) is 9.12. The maximum absolute atomic E-state index is 11.3. The third-order valence-corrected chi connectivity index (χ3v) is 7.73. The molecule has 1 aromatic carbocycles. The third-order valence-electron chi connectivity index (χ3n) is 2.49. The molecule has 8 heteroatoms. The highest BCUT2D eigenvalue weighted by Crippen LogP contribution is 2.58. The largest absolute Gasteiger partial charge is 0.393 e. The van der Waals surface area contributed by atoms with Gasteiger partial charge in [-0.3, -0.25) is 4.57 Å². The molecule has 0 aliphatic heterocycles. The first-order valence-corrected chi connectivity index (χ1v) is 9.49. The van der Waals surface area contributed by atoms with E-state index in [9.17, 15) is 14.4 Å². The minimum absolute atomic E-state index is 0.787. The van der Waals surface area contributed by atoms with Gasteiger partial charge in [0.15, 0.2) is 4.61 Å². The van der Waals surface area contributed by atoms with E-state index >= 15 is 0 Å². The summed E-state index contributed by atoms with van der Waals surface area (Å²) in [6.07, 6.45) is 1.87. The Morgan fingerprint density at radius 2 is 2.00 bits per heavy atom. The first-order valence-electron chi connectivity index (χ1n) is 5.73. The number of aliphatic hydroxyl groups excluding tert-OH is 1. The number of nitrogens with two attached hydrogens (primary N) is 1. The van der Waals surface area contributed by atoms with Gasteiger partial charge >= 0.3 is 7.60 Å². The monoisotopic (exact) mass is 323 g/mol. The summed E-state index contributed by atoms with van der Waals surface area (Å²) in [7, 11) is -2.60. The fourth-order valence-electron chi connectivity index (χ4n) is 1.35. The van der Waals surface area contributed by atoms with Gasteiger partial charge in [-0.15, -0.1) is 0 Å². The molecule has 5 nitrogen and oxygen atoms in total. The molecule has 108 valence electrons. The van der Waals surface area contributed by atoms with Crippen molar-refractivity contribution < 1.29 is 19.5 Å².